The summed E-state index contributed by atoms with van der Waals surface area (Å²) >= 11 is 0. The van der Waals surface area contributed by atoms with E-state index in [1.807, 2.05) is 50.8 Å². The topological polar surface area (TPSA) is 107 Å². The molecule has 0 spiro atoms. The number of hydrogen-bond donors (Lipinski definition) is 1. The average Bonchev–Trinajstić information content (AvgIpc) is 3.24. The summed E-state index contributed by atoms with van der Waals surface area (Å²) in [5, 5.41) is 16.5. The van der Waals surface area contributed by atoms with Gasteiger partial charge in [-0.2, -0.15) is 10.4 Å². The second-order valence-electron chi connectivity index (χ2n) is 9.14. The molecule has 2 amide bonds. The largest absolute Gasteiger partial charge is 0.340 e. The molecule has 1 aliphatic heterocycles. The number of fused-ring (bicyclic) bond motifs is 1. The molecule has 0 radical (unpaired) electrons. The first kappa shape index (κ1) is 24.4. The fraction of sp³-hybridized carbons (Fsp3) is 0.423. The van der Waals surface area contributed by atoms with Crippen LogP contribution < -0.4 is 5.32 Å². The molecule has 1 saturated heterocycles. The van der Waals surface area contributed by atoms with E-state index in [9.17, 15) is 14.9 Å². The molecule has 1 aromatic carbocycles. The number of aromatic nitrogens is 3. The lowest BCUT2D eigenvalue weighted by atomic mass is 10.1. The van der Waals surface area contributed by atoms with Crippen molar-refractivity contribution in [3.05, 3.63) is 58.0 Å². The summed E-state index contributed by atoms with van der Waals surface area (Å²) in [6, 6.07) is 8.07. The number of piperazine rings is 1. The zero-order valence-electron chi connectivity index (χ0n) is 20.8. The van der Waals surface area contributed by atoms with Gasteiger partial charge < -0.3 is 10.2 Å². The molecule has 9 heteroatoms. The van der Waals surface area contributed by atoms with Gasteiger partial charge in [-0.1, -0.05) is 18.2 Å². The fourth-order valence-corrected chi connectivity index (χ4v) is 4.69. The minimum Gasteiger partial charge on any atom is -0.340 e. The third kappa shape index (κ3) is 5.17. The molecule has 3 aromatic rings. The standard InChI is InChI=1S/C26H31N7O2/c1-17-6-5-7-18(2)25(17)30-23(34)16-31-10-12-32(13-11-31)24(35)9-8-22-19(3)29-26-21(14-27)15-28-33(26)20(22)4/h5-7,15H,8-13,16H2,1-4H3,(H,30,34). The van der Waals surface area contributed by atoms with Gasteiger partial charge in [-0.15, -0.1) is 0 Å². The van der Waals surface area contributed by atoms with Gasteiger partial charge in [0, 0.05) is 49.7 Å². The first-order valence-corrected chi connectivity index (χ1v) is 11.9. The third-order valence-electron chi connectivity index (χ3n) is 6.76. The zero-order valence-corrected chi connectivity index (χ0v) is 20.8. The van der Waals surface area contributed by atoms with Gasteiger partial charge in [0.2, 0.25) is 11.8 Å². The number of benzene rings is 1. The summed E-state index contributed by atoms with van der Waals surface area (Å²) in [7, 11) is 0. The van der Waals surface area contributed by atoms with Crippen molar-refractivity contribution in [2.75, 3.05) is 38.0 Å². The van der Waals surface area contributed by atoms with Crippen molar-refractivity contribution in [3.8, 4) is 6.07 Å². The maximum absolute atomic E-state index is 12.9. The number of rotatable bonds is 6. The molecular formula is C26H31N7O2. The van der Waals surface area contributed by atoms with Crippen LogP contribution in [0.4, 0.5) is 5.69 Å². The van der Waals surface area contributed by atoms with Crippen LogP contribution in [0.15, 0.2) is 24.4 Å². The molecule has 0 bridgehead atoms. The lowest BCUT2D eigenvalue weighted by Gasteiger charge is -2.34. The number of carbonyl (C=O) groups is 2. The Labute approximate surface area is 205 Å². The maximum atomic E-state index is 12.9. The van der Waals surface area contributed by atoms with E-state index < -0.39 is 0 Å². The summed E-state index contributed by atoms with van der Waals surface area (Å²) in [5.41, 5.74) is 6.68. The Bertz CT molecular complexity index is 1290. The molecule has 1 aliphatic rings. The molecule has 3 heterocycles. The Balaban J connectivity index is 1.29. The van der Waals surface area contributed by atoms with E-state index in [0.29, 0.717) is 56.8 Å². The lowest BCUT2D eigenvalue weighted by Crippen LogP contribution is -2.50. The van der Waals surface area contributed by atoms with Gasteiger partial charge in [0.25, 0.3) is 0 Å². The van der Waals surface area contributed by atoms with Crippen molar-refractivity contribution >= 4 is 23.1 Å². The molecule has 0 aliphatic carbocycles. The van der Waals surface area contributed by atoms with Crippen LogP contribution in [-0.2, 0) is 16.0 Å². The molecule has 1 N–H and O–H groups in total. The summed E-state index contributed by atoms with van der Waals surface area (Å²) < 4.78 is 1.67. The van der Waals surface area contributed by atoms with Crippen molar-refractivity contribution in [1.29, 1.82) is 5.26 Å². The van der Waals surface area contributed by atoms with Crippen molar-refractivity contribution in [1.82, 2.24) is 24.4 Å². The number of para-hydroxylation sites is 1. The highest BCUT2D eigenvalue weighted by molar-refractivity contribution is 5.93. The van der Waals surface area contributed by atoms with Crippen LogP contribution in [0.5, 0.6) is 0 Å². The van der Waals surface area contributed by atoms with Gasteiger partial charge in [-0.25, -0.2) is 9.50 Å². The van der Waals surface area contributed by atoms with E-state index >= 15 is 0 Å². The minimum atomic E-state index is -0.0332. The van der Waals surface area contributed by atoms with E-state index in [1.54, 1.807) is 4.52 Å². The molecule has 0 unspecified atom stereocenters. The van der Waals surface area contributed by atoms with E-state index in [2.05, 4.69) is 26.4 Å². The number of nitrogens with zero attached hydrogens (tertiary/aromatic N) is 6. The van der Waals surface area contributed by atoms with Crippen molar-refractivity contribution in [2.45, 2.75) is 40.5 Å². The SMILES string of the molecule is Cc1cccc(C)c1NC(=O)CN1CCN(C(=O)CCc2c(C)nc3c(C#N)cnn3c2C)CC1. The molecule has 182 valence electrons. The first-order valence-electron chi connectivity index (χ1n) is 11.9. The predicted molar refractivity (Wildman–Crippen MR) is 133 cm³/mol. The van der Waals surface area contributed by atoms with Gasteiger partial charge in [-0.05, 0) is 50.8 Å². The van der Waals surface area contributed by atoms with Crippen LogP contribution in [0.3, 0.4) is 0 Å². The number of aryl methyl sites for hydroxylation is 4. The lowest BCUT2D eigenvalue weighted by molar-refractivity contribution is -0.133. The molecule has 9 nitrogen and oxygen atoms in total. The second kappa shape index (κ2) is 10.2. The summed E-state index contributed by atoms with van der Waals surface area (Å²) in [6.45, 7) is 10.7. The van der Waals surface area contributed by atoms with Gasteiger partial charge in [-0.3, -0.25) is 14.5 Å². The number of nitriles is 1. The summed E-state index contributed by atoms with van der Waals surface area (Å²) in [6.07, 6.45) is 2.47. The van der Waals surface area contributed by atoms with E-state index in [4.69, 9.17) is 0 Å². The van der Waals surface area contributed by atoms with Crippen molar-refractivity contribution in [3.63, 3.8) is 0 Å². The number of nitrogens with one attached hydrogen (secondary N) is 1. The van der Waals surface area contributed by atoms with Crippen LogP contribution in [0.1, 0.15) is 40.1 Å². The fourth-order valence-electron chi connectivity index (χ4n) is 4.69. The predicted octanol–water partition coefficient (Wildman–Crippen LogP) is 2.55. The Kier molecular flexibility index (Phi) is 7.12. The monoisotopic (exact) mass is 473 g/mol. The highest BCUT2D eigenvalue weighted by Crippen LogP contribution is 2.20. The molecular weight excluding hydrogens is 442 g/mol. The third-order valence-corrected chi connectivity index (χ3v) is 6.76. The number of carbonyl (C=O) groups excluding carboxylic acids is 2. The van der Waals surface area contributed by atoms with E-state index in [-0.39, 0.29) is 11.8 Å². The highest BCUT2D eigenvalue weighted by atomic mass is 16.2. The number of hydrogen-bond acceptors (Lipinski definition) is 6. The molecule has 35 heavy (non-hydrogen) atoms. The molecule has 1 fully saturated rings. The normalized spacial score (nSPS) is 14.2. The Morgan fingerprint density at radius 3 is 2.43 bits per heavy atom. The van der Waals surface area contributed by atoms with E-state index in [0.717, 1.165) is 33.8 Å². The molecule has 2 aromatic heterocycles. The summed E-state index contributed by atoms with van der Waals surface area (Å²) in [4.78, 5) is 34.0. The van der Waals surface area contributed by atoms with E-state index in [1.165, 1.54) is 6.20 Å². The Hall–Kier alpha value is -3.77. The zero-order chi connectivity index (χ0) is 25.1. The maximum Gasteiger partial charge on any atom is 0.238 e. The quantitative estimate of drug-likeness (QED) is 0.590. The highest BCUT2D eigenvalue weighted by Gasteiger charge is 2.23. The van der Waals surface area contributed by atoms with Crippen LogP contribution in [0, 0.1) is 39.0 Å². The second-order valence-corrected chi connectivity index (χ2v) is 9.14. The summed E-state index contributed by atoms with van der Waals surface area (Å²) in [5.74, 6) is 0.0657. The van der Waals surface area contributed by atoms with Crippen LogP contribution in [0.2, 0.25) is 0 Å². The van der Waals surface area contributed by atoms with Gasteiger partial charge in [0.15, 0.2) is 5.65 Å². The van der Waals surface area contributed by atoms with Crippen LogP contribution >= 0.6 is 0 Å². The van der Waals surface area contributed by atoms with Crippen LogP contribution in [0.25, 0.3) is 5.65 Å². The number of amides is 2. The van der Waals surface area contributed by atoms with Crippen LogP contribution in [-0.4, -0.2) is 68.9 Å². The minimum absolute atomic E-state index is 0.0332. The Morgan fingerprint density at radius 2 is 1.77 bits per heavy atom. The average molecular weight is 474 g/mol. The first-order chi connectivity index (χ1) is 16.8. The van der Waals surface area contributed by atoms with Crippen molar-refractivity contribution in [2.24, 2.45) is 0 Å². The van der Waals surface area contributed by atoms with Gasteiger partial charge in [0.1, 0.15) is 11.6 Å². The number of anilines is 1. The molecule has 4 rings (SSSR count). The smallest absolute Gasteiger partial charge is 0.238 e. The molecule has 0 saturated carbocycles. The van der Waals surface area contributed by atoms with Crippen molar-refractivity contribution < 1.29 is 9.59 Å². The van der Waals surface area contributed by atoms with Gasteiger partial charge in [0.05, 0.1) is 12.7 Å². The van der Waals surface area contributed by atoms with Gasteiger partial charge >= 0.3 is 0 Å². The Morgan fingerprint density at radius 1 is 1.09 bits per heavy atom. The molecule has 0 atom stereocenters.